The molecular weight excluding hydrogens is 340 g/mol. The molecule has 0 aliphatic carbocycles. The number of hydrogen-bond donors (Lipinski definition) is 1. The molecule has 1 heterocycles. The van der Waals surface area contributed by atoms with Gasteiger partial charge in [-0.2, -0.15) is 0 Å². The number of carbonyl (C=O) groups excluding carboxylic acids is 1. The molecular formula is C17H16N4O5. The van der Waals surface area contributed by atoms with Crippen LogP contribution >= 0.6 is 0 Å². The van der Waals surface area contributed by atoms with E-state index in [-0.39, 0.29) is 22.6 Å². The topological polar surface area (TPSA) is 119 Å². The molecule has 2 aromatic carbocycles. The third-order valence-corrected chi connectivity index (χ3v) is 4.20. The molecule has 3 rings (SSSR count). The number of rotatable bonds is 5. The van der Waals surface area contributed by atoms with Crippen molar-refractivity contribution in [2.45, 2.75) is 12.8 Å². The summed E-state index contributed by atoms with van der Waals surface area (Å²) >= 11 is 0. The summed E-state index contributed by atoms with van der Waals surface area (Å²) in [5.74, 6) is -0.568. The highest BCUT2D eigenvalue weighted by atomic mass is 16.6. The molecule has 1 aliphatic rings. The molecule has 0 atom stereocenters. The van der Waals surface area contributed by atoms with Gasteiger partial charge in [0.1, 0.15) is 5.69 Å². The minimum Gasteiger partial charge on any atom is -0.366 e. The number of amides is 1. The lowest BCUT2D eigenvalue weighted by atomic mass is 10.1. The van der Waals surface area contributed by atoms with Crippen LogP contribution in [0.5, 0.6) is 0 Å². The Labute approximate surface area is 148 Å². The minimum atomic E-state index is -0.568. The maximum Gasteiger partial charge on any atom is 0.293 e. The Morgan fingerprint density at radius 3 is 2.38 bits per heavy atom. The summed E-state index contributed by atoms with van der Waals surface area (Å²) in [6.45, 7) is 1.50. The fourth-order valence-electron chi connectivity index (χ4n) is 2.94. The van der Waals surface area contributed by atoms with Gasteiger partial charge in [0.05, 0.1) is 9.85 Å². The smallest absolute Gasteiger partial charge is 0.293 e. The molecule has 26 heavy (non-hydrogen) atoms. The standard InChI is InChI=1S/C17H16N4O5/c22-17(18-13-4-3-5-14(11-13)20(23)24)12-6-7-15(16(10-12)21(25)26)19-8-1-2-9-19/h3-7,10-11H,1-2,8-9H2,(H,18,22). The van der Waals surface area contributed by atoms with E-state index in [1.165, 1.54) is 36.4 Å². The molecule has 1 amide bonds. The molecule has 1 fully saturated rings. The third kappa shape index (κ3) is 3.61. The first-order valence-corrected chi connectivity index (χ1v) is 8.05. The van der Waals surface area contributed by atoms with Gasteiger partial charge in [0, 0.05) is 42.5 Å². The van der Waals surface area contributed by atoms with E-state index in [1.807, 2.05) is 4.90 Å². The van der Waals surface area contributed by atoms with Gasteiger partial charge in [-0.25, -0.2) is 0 Å². The van der Waals surface area contributed by atoms with Crippen molar-refractivity contribution in [3.05, 3.63) is 68.3 Å². The van der Waals surface area contributed by atoms with Crippen molar-refractivity contribution >= 4 is 28.7 Å². The number of nitro groups is 2. The molecule has 134 valence electrons. The summed E-state index contributed by atoms with van der Waals surface area (Å²) in [5.41, 5.74) is 0.581. The van der Waals surface area contributed by atoms with Crippen molar-refractivity contribution < 1.29 is 14.6 Å². The second-order valence-electron chi connectivity index (χ2n) is 5.92. The number of anilines is 2. The van der Waals surface area contributed by atoms with Crippen molar-refractivity contribution in [2.24, 2.45) is 0 Å². The number of benzene rings is 2. The largest absolute Gasteiger partial charge is 0.366 e. The summed E-state index contributed by atoms with van der Waals surface area (Å²) in [4.78, 5) is 35.5. The van der Waals surface area contributed by atoms with Crippen LogP contribution in [0.2, 0.25) is 0 Å². The van der Waals surface area contributed by atoms with E-state index in [9.17, 15) is 25.0 Å². The highest BCUT2D eigenvalue weighted by Gasteiger charge is 2.24. The van der Waals surface area contributed by atoms with E-state index in [1.54, 1.807) is 6.07 Å². The fraction of sp³-hybridized carbons (Fsp3) is 0.235. The first-order chi connectivity index (χ1) is 12.5. The van der Waals surface area contributed by atoms with Gasteiger partial charge in [-0.05, 0) is 31.0 Å². The summed E-state index contributed by atoms with van der Waals surface area (Å²) in [6, 6.07) is 9.83. The molecule has 9 nitrogen and oxygen atoms in total. The monoisotopic (exact) mass is 356 g/mol. The van der Waals surface area contributed by atoms with Crippen LogP contribution in [0.25, 0.3) is 0 Å². The number of carbonyl (C=O) groups is 1. The van der Waals surface area contributed by atoms with Crippen molar-refractivity contribution in [3.8, 4) is 0 Å². The van der Waals surface area contributed by atoms with Crippen LogP contribution in [0.1, 0.15) is 23.2 Å². The lowest BCUT2D eigenvalue weighted by Crippen LogP contribution is -2.19. The van der Waals surface area contributed by atoms with Gasteiger partial charge < -0.3 is 10.2 Å². The van der Waals surface area contributed by atoms with Crippen molar-refractivity contribution in [1.82, 2.24) is 0 Å². The molecule has 0 saturated carbocycles. The SMILES string of the molecule is O=C(Nc1cccc([N+](=O)[O-])c1)c1ccc(N2CCCC2)c([N+](=O)[O-])c1. The van der Waals surface area contributed by atoms with Crippen LogP contribution in [0.3, 0.4) is 0 Å². The normalized spacial score (nSPS) is 13.5. The second-order valence-corrected chi connectivity index (χ2v) is 5.92. The highest BCUT2D eigenvalue weighted by Crippen LogP contribution is 2.32. The summed E-state index contributed by atoms with van der Waals surface area (Å²) < 4.78 is 0. The molecule has 1 aliphatic heterocycles. The molecule has 0 radical (unpaired) electrons. The summed E-state index contributed by atoms with van der Waals surface area (Å²) in [5, 5.41) is 24.7. The predicted octanol–water partition coefficient (Wildman–Crippen LogP) is 3.36. The molecule has 1 N–H and O–H groups in total. The van der Waals surface area contributed by atoms with Crippen LogP contribution in [0, 0.1) is 20.2 Å². The van der Waals surface area contributed by atoms with Gasteiger partial charge in [-0.1, -0.05) is 6.07 Å². The van der Waals surface area contributed by atoms with Crippen LogP contribution in [-0.2, 0) is 0 Å². The highest BCUT2D eigenvalue weighted by molar-refractivity contribution is 6.05. The van der Waals surface area contributed by atoms with E-state index < -0.39 is 15.8 Å². The van der Waals surface area contributed by atoms with Crippen molar-refractivity contribution in [2.75, 3.05) is 23.3 Å². The second kappa shape index (κ2) is 7.18. The zero-order chi connectivity index (χ0) is 18.7. The molecule has 0 spiro atoms. The predicted molar refractivity (Wildman–Crippen MR) is 95.6 cm³/mol. The van der Waals surface area contributed by atoms with Gasteiger partial charge in [0.2, 0.25) is 0 Å². The van der Waals surface area contributed by atoms with E-state index in [4.69, 9.17) is 0 Å². The molecule has 0 bridgehead atoms. The maximum atomic E-state index is 12.4. The average Bonchev–Trinajstić information content (AvgIpc) is 3.15. The minimum absolute atomic E-state index is 0.117. The molecule has 0 aromatic heterocycles. The lowest BCUT2D eigenvalue weighted by Gasteiger charge is -2.17. The van der Waals surface area contributed by atoms with E-state index >= 15 is 0 Å². The number of nitro benzene ring substituents is 2. The van der Waals surface area contributed by atoms with Crippen LogP contribution in [-0.4, -0.2) is 28.8 Å². The number of nitrogens with zero attached hydrogens (tertiary/aromatic N) is 3. The zero-order valence-electron chi connectivity index (χ0n) is 13.8. The van der Waals surface area contributed by atoms with Crippen LogP contribution in [0.4, 0.5) is 22.7 Å². The third-order valence-electron chi connectivity index (χ3n) is 4.20. The fourth-order valence-corrected chi connectivity index (χ4v) is 2.94. The Bertz CT molecular complexity index is 877. The Hall–Kier alpha value is -3.49. The Kier molecular flexibility index (Phi) is 4.78. The van der Waals surface area contributed by atoms with Gasteiger partial charge in [0.15, 0.2) is 0 Å². The summed E-state index contributed by atoms with van der Waals surface area (Å²) in [6.07, 6.45) is 1.96. The maximum absolute atomic E-state index is 12.4. The molecule has 2 aromatic rings. The van der Waals surface area contributed by atoms with Gasteiger partial charge in [-0.15, -0.1) is 0 Å². The van der Waals surface area contributed by atoms with E-state index in [2.05, 4.69) is 5.32 Å². The van der Waals surface area contributed by atoms with Gasteiger partial charge in [0.25, 0.3) is 17.3 Å². The summed E-state index contributed by atoms with van der Waals surface area (Å²) in [7, 11) is 0. The number of hydrogen-bond acceptors (Lipinski definition) is 6. The first kappa shape index (κ1) is 17.3. The average molecular weight is 356 g/mol. The Morgan fingerprint density at radius 1 is 1.00 bits per heavy atom. The van der Waals surface area contributed by atoms with Crippen molar-refractivity contribution in [3.63, 3.8) is 0 Å². The molecule has 1 saturated heterocycles. The Balaban J connectivity index is 1.85. The quantitative estimate of drug-likeness (QED) is 0.648. The molecule has 0 unspecified atom stereocenters. The lowest BCUT2D eigenvalue weighted by molar-refractivity contribution is -0.384. The van der Waals surface area contributed by atoms with Crippen LogP contribution < -0.4 is 10.2 Å². The number of non-ortho nitro benzene ring substituents is 1. The Morgan fingerprint density at radius 2 is 1.73 bits per heavy atom. The van der Waals surface area contributed by atoms with Crippen LogP contribution in [0.15, 0.2) is 42.5 Å². The number of nitrogens with one attached hydrogen (secondary N) is 1. The van der Waals surface area contributed by atoms with Gasteiger partial charge in [-0.3, -0.25) is 25.0 Å². The van der Waals surface area contributed by atoms with Crippen molar-refractivity contribution in [1.29, 1.82) is 0 Å². The van der Waals surface area contributed by atoms with E-state index in [0.717, 1.165) is 25.9 Å². The van der Waals surface area contributed by atoms with E-state index in [0.29, 0.717) is 5.69 Å². The van der Waals surface area contributed by atoms with Gasteiger partial charge >= 0.3 is 0 Å². The first-order valence-electron chi connectivity index (χ1n) is 8.05. The molecule has 9 heteroatoms. The zero-order valence-corrected chi connectivity index (χ0v) is 13.8.